The third-order valence-corrected chi connectivity index (χ3v) is 3.86. The average Bonchev–Trinajstić information content (AvgIpc) is 2.74. The van der Waals surface area contributed by atoms with Crippen LogP contribution in [0.5, 0.6) is 0 Å². The lowest BCUT2D eigenvalue weighted by Gasteiger charge is -2.22. The van der Waals surface area contributed by atoms with Crippen LogP contribution in [0.15, 0.2) is 0 Å². The minimum absolute atomic E-state index is 0.200. The zero-order chi connectivity index (χ0) is 11.4. The first-order chi connectivity index (χ1) is 7.74. The Balaban J connectivity index is 1.68. The summed E-state index contributed by atoms with van der Waals surface area (Å²) in [4.78, 5) is 22.8. The number of Topliss-reactive ketones (excluding diaryl/α,β-unsaturated/α-hetero) is 1. The molecule has 0 radical (unpaired) electrons. The number of amides is 1. The van der Waals surface area contributed by atoms with Crippen molar-refractivity contribution >= 4 is 11.7 Å². The SMILES string of the molecule is O=C1CCC(NC(=O)CC2CCCC2)CC1. The molecule has 0 aromatic rings. The lowest BCUT2D eigenvalue weighted by molar-refractivity contribution is -0.125. The van der Waals surface area contributed by atoms with Crippen LogP contribution in [0.3, 0.4) is 0 Å². The Morgan fingerprint density at radius 1 is 1.12 bits per heavy atom. The van der Waals surface area contributed by atoms with Crippen molar-refractivity contribution in [3.63, 3.8) is 0 Å². The summed E-state index contributed by atoms with van der Waals surface area (Å²) in [6, 6.07) is 0.256. The summed E-state index contributed by atoms with van der Waals surface area (Å²) in [5, 5.41) is 3.08. The summed E-state index contributed by atoms with van der Waals surface area (Å²) in [5.74, 6) is 1.16. The first kappa shape index (κ1) is 11.6. The molecule has 0 spiro atoms. The highest BCUT2D eigenvalue weighted by Gasteiger charge is 2.23. The van der Waals surface area contributed by atoms with Crippen molar-refractivity contribution in [2.75, 3.05) is 0 Å². The largest absolute Gasteiger partial charge is 0.353 e. The molecule has 0 heterocycles. The van der Waals surface area contributed by atoms with Gasteiger partial charge in [-0.3, -0.25) is 9.59 Å². The quantitative estimate of drug-likeness (QED) is 0.797. The molecular formula is C13H21NO2. The van der Waals surface area contributed by atoms with Crippen molar-refractivity contribution in [2.45, 2.75) is 63.8 Å². The second-order valence-electron chi connectivity index (χ2n) is 5.24. The third-order valence-electron chi connectivity index (χ3n) is 3.86. The Bertz CT molecular complexity index is 259. The van der Waals surface area contributed by atoms with Crippen molar-refractivity contribution in [1.82, 2.24) is 5.32 Å². The molecule has 1 amide bonds. The van der Waals surface area contributed by atoms with Gasteiger partial charge in [-0.1, -0.05) is 12.8 Å². The van der Waals surface area contributed by atoms with Gasteiger partial charge in [0.2, 0.25) is 5.91 Å². The number of carbonyl (C=O) groups is 2. The van der Waals surface area contributed by atoms with E-state index in [9.17, 15) is 9.59 Å². The number of nitrogens with one attached hydrogen (secondary N) is 1. The lowest BCUT2D eigenvalue weighted by atomic mass is 9.94. The van der Waals surface area contributed by atoms with Gasteiger partial charge in [-0.05, 0) is 31.6 Å². The molecule has 90 valence electrons. The predicted octanol–water partition coefficient (Wildman–Crippen LogP) is 2.19. The van der Waals surface area contributed by atoms with E-state index in [1.54, 1.807) is 0 Å². The van der Waals surface area contributed by atoms with Crippen LogP contribution in [-0.4, -0.2) is 17.7 Å². The van der Waals surface area contributed by atoms with Gasteiger partial charge >= 0.3 is 0 Å². The molecule has 2 aliphatic carbocycles. The molecule has 2 fully saturated rings. The fourth-order valence-electron chi connectivity index (χ4n) is 2.85. The van der Waals surface area contributed by atoms with Crippen LogP contribution in [0.25, 0.3) is 0 Å². The second kappa shape index (κ2) is 5.46. The molecule has 0 bridgehead atoms. The Labute approximate surface area is 97.0 Å². The average molecular weight is 223 g/mol. The summed E-state index contributed by atoms with van der Waals surface area (Å²) in [6.07, 6.45) is 8.69. The third kappa shape index (κ3) is 3.32. The normalized spacial score (nSPS) is 23.6. The van der Waals surface area contributed by atoms with Gasteiger partial charge in [0.1, 0.15) is 5.78 Å². The highest BCUT2D eigenvalue weighted by molar-refractivity contribution is 5.80. The molecule has 3 nitrogen and oxygen atoms in total. The van der Waals surface area contributed by atoms with Crippen LogP contribution >= 0.6 is 0 Å². The Hall–Kier alpha value is -0.860. The standard InChI is InChI=1S/C13H21NO2/c15-12-7-5-11(6-8-12)14-13(16)9-10-3-1-2-4-10/h10-11H,1-9H2,(H,14,16). The molecule has 2 rings (SSSR count). The topological polar surface area (TPSA) is 46.2 Å². The first-order valence-electron chi connectivity index (χ1n) is 6.55. The number of hydrogen-bond donors (Lipinski definition) is 1. The van der Waals surface area contributed by atoms with Gasteiger partial charge in [0.25, 0.3) is 0 Å². The fourth-order valence-corrected chi connectivity index (χ4v) is 2.85. The van der Waals surface area contributed by atoms with E-state index in [1.807, 2.05) is 0 Å². The Kier molecular flexibility index (Phi) is 3.97. The van der Waals surface area contributed by atoms with Crippen molar-refractivity contribution in [3.8, 4) is 0 Å². The van der Waals surface area contributed by atoms with E-state index in [4.69, 9.17) is 0 Å². The minimum atomic E-state index is 0.200. The zero-order valence-corrected chi connectivity index (χ0v) is 9.84. The van der Waals surface area contributed by atoms with Crippen molar-refractivity contribution in [2.24, 2.45) is 5.92 Å². The van der Waals surface area contributed by atoms with Crippen LogP contribution < -0.4 is 5.32 Å². The number of ketones is 1. The van der Waals surface area contributed by atoms with Crippen molar-refractivity contribution < 1.29 is 9.59 Å². The lowest BCUT2D eigenvalue weighted by Crippen LogP contribution is -2.38. The van der Waals surface area contributed by atoms with Gasteiger partial charge in [-0.15, -0.1) is 0 Å². The van der Waals surface area contributed by atoms with E-state index >= 15 is 0 Å². The maximum Gasteiger partial charge on any atom is 0.220 e. The minimum Gasteiger partial charge on any atom is -0.353 e. The highest BCUT2D eigenvalue weighted by Crippen LogP contribution is 2.27. The molecule has 0 aliphatic heterocycles. The number of hydrogen-bond acceptors (Lipinski definition) is 2. The van der Waals surface area contributed by atoms with Gasteiger partial charge in [-0.25, -0.2) is 0 Å². The molecule has 0 aromatic carbocycles. The Morgan fingerprint density at radius 2 is 1.75 bits per heavy atom. The van der Waals surface area contributed by atoms with Crippen LogP contribution in [0, 0.1) is 5.92 Å². The highest BCUT2D eigenvalue weighted by atomic mass is 16.1. The molecular weight excluding hydrogens is 202 g/mol. The van der Waals surface area contributed by atoms with Crippen LogP contribution in [0.1, 0.15) is 57.8 Å². The molecule has 2 saturated carbocycles. The van der Waals surface area contributed by atoms with Crippen LogP contribution in [0.2, 0.25) is 0 Å². The zero-order valence-electron chi connectivity index (χ0n) is 9.84. The number of carbonyl (C=O) groups excluding carboxylic acids is 2. The van der Waals surface area contributed by atoms with Gasteiger partial charge in [-0.2, -0.15) is 0 Å². The summed E-state index contributed by atoms with van der Waals surface area (Å²) in [6.45, 7) is 0. The monoisotopic (exact) mass is 223 g/mol. The van der Waals surface area contributed by atoms with Gasteiger partial charge in [0.15, 0.2) is 0 Å². The molecule has 0 saturated heterocycles. The summed E-state index contributed by atoms with van der Waals surface area (Å²) < 4.78 is 0. The number of rotatable bonds is 3. The van der Waals surface area contributed by atoms with E-state index < -0.39 is 0 Å². The van der Waals surface area contributed by atoms with Gasteiger partial charge in [0, 0.05) is 25.3 Å². The summed E-state index contributed by atoms with van der Waals surface area (Å²) in [7, 11) is 0. The molecule has 0 atom stereocenters. The van der Waals surface area contributed by atoms with Crippen molar-refractivity contribution in [1.29, 1.82) is 0 Å². The molecule has 0 aromatic heterocycles. The second-order valence-corrected chi connectivity index (χ2v) is 5.24. The maximum absolute atomic E-state index is 11.8. The maximum atomic E-state index is 11.8. The first-order valence-corrected chi connectivity index (χ1v) is 6.55. The van der Waals surface area contributed by atoms with Gasteiger partial charge < -0.3 is 5.32 Å². The molecule has 1 N–H and O–H groups in total. The fraction of sp³-hybridized carbons (Fsp3) is 0.846. The predicted molar refractivity (Wildman–Crippen MR) is 62.0 cm³/mol. The van der Waals surface area contributed by atoms with E-state index in [1.165, 1.54) is 25.7 Å². The summed E-state index contributed by atoms with van der Waals surface area (Å²) >= 11 is 0. The Morgan fingerprint density at radius 3 is 2.38 bits per heavy atom. The smallest absolute Gasteiger partial charge is 0.220 e. The van der Waals surface area contributed by atoms with E-state index in [2.05, 4.69) is 5.32 Å². The molecule has 2 aliphatic rings. The van der Waals surface area contributed by atoms with Crippen molar-refractivity contribution in [3.05, 3.63) is 0 Å². The van der Waals surface area contributed by atoms with E-state index in [0.29, 0.717) is 31.0 Å². The van der Waals surface area contributed by atoms with E-state index in [0.717, 1.165) is 12.8 Å². The van der Waals surface area contributed by atoms with Gasteiger partial charge in [0.05, 0.1) is 0 Å². The van der Waals surface area contributed by atoms with E-state index in [-0.39, 0.29) is 11.9 Å². The summed E-state index contributed by atoms with van der Waals surface area (Å²) in [5.41, 5.74) is 0. The molecule has 0 unspecified atom stereocenters. The van der Waals surface area contributed by atoms with Crippen LogP contribution in [0.4, 0.5) is 0 Å². The molecule has 3 heteroatoms. The van der Waals surface area contributed by atoms with Crippen LogP contribution in [-0.2, 0) is 9.59 Å². The molecule has 16 heavy (non-hydrogen) atoms.